The molecule has 0 aliphatic carbocycles. The second kappa shape index (κ2) is 6.73. The molecule has 1 aromatic heterocycles. The molecule has 1 atom stereocenters. The number of pyridine rings is 1. The third-order valence-corrected chi connectivity index (χ3v) is 3.68. The van der Waals surface area contributed by atoms with E-state index in [1.165, 1.54) is 11.1 Å². The smallest absolute Gasteiger partial charge is 0.128 e. The fraction of sp³-hybridized carbons (Fsp3) is 0.312. The van der Waals surface area contributed by atoms with Crippen molar-refractivity contribution in [3.63, 3.8) is 0 Å². The SMILES string of the molecule is CNC(C)c1ccnc(N(C)Cc2ccc(Cl)cc2)c1. The molecule has 0 saturated heterocycles. The summed E-state index contributed by atoms with van der Waals surface area (Å²) in [5.41, 5.74) is 2.45. The average Bonchev–Trinajstić information content (AvgIpc) is 2.49. The zero-order valence-corrected chi connectivity index (χ0v) is 12.9. The number of nitrogens with one attached hydrogen (secondary N) is 1. The van der Waals surface area contributed by atoms with Crippen LogP contribution in [-0.2, 0) is 6.54 Å². The van der Waals surface area contributed by atoms with Crippen LogP contribution in [0.4, 0.5) is 5.82 Å². The van der Waals surface area contributed by atoms with Gasteiger partial charge in [0.15, 0.2) is 0 Å². The van der Waals surface area contributed by atoms with Gasteiger partial charge in [-0.05, 0) is 49.4 Å². The number of anilines is 1. The molecule has 1 N–H and O–H groups in total. The first-order valence-corrected chi connectivity index (χ1v) is 7.06. The zero-order chi connectivity index (χ0) is 14.5. The number of halogens is 1. The van der Waals surface area contributed by atoms with Crippen LogP contribution in [0.5, 0.6) is 0 Å². The molecule has 1 aromatic carbocycles. The van der Waals surface area contributed by atoms with Crippen molar-refractivity contribution < 1.29 is 0 Å². The molecule has 1 heterocycles. The fourth-order valence-corrected chi connectivity index (χ4v) is 2.15. The molecule has 106 valence electrons. The van der Waals surface area contributed by atoms with Crippen LogP contribution in [-0.4, -0.2) is 19.1 Å². The summed E-state index contributed by atoms with van der Waals surface area (Å²) < 4.78 is 0. The first kappa shape index (κ1) is 14.8. The Kier molecular flexibility index (Phi) is 4.99. The summed E-state index contributed by atoms with van der Waals surface area (Å²) in [7, 11) is 4.01. The lowest BCUT2D eigenvalue weighted by molar-refractivity contribution is 0.651. The Bertz CT molecular complexity index is 554. The topological polar surface area (TPSA) is 28.2 Å². The maximum Gasteiger partial charge on any atom is 0.128 e. The van der Waals surface area contributed by atoms with Gasteiger partial charge in [-0.1, -0.05) is 23.7 Å². The van der Waals surface area contributed by atoms with Gasteiger partial charge < -0.3 is 10.2 Å². The maximum absolute atomic E-state index is 5.90. The van der Waals surface area contributed by atoms with Crippen LogP contribution in [0.1, 0.15) is 24.1 Å². The normalized spacial score (nSPS) is 12.2. The Balaban J connectivity index is 2.12. The molecule has 0 spiro atoms. The van der Waals surface area contributed by atoms with Crippen LogP contribution in [0.15, 0.2) is 42.6 Å². The molecule has 0 bridgehead atoms. The van der Waals surface area contributed by atoms with Gasteiger partial charge in [0.25, 0.3) is 0 Å². The van der Waals surface area contributed by atoms with Gasteiger partial charge in [-0.15, -0.1) is 0 Å². The Labute approximate surface area is 125 Å². The van der Waals surface area contributed by atoms with Gasteiger partial charge in [-0.25, -0.2) is 4.98 Å². The molecule has 2 rings (SSSR count). The molecule has 0 amide bonds. The lowest BCUT2D eigenvalue weighted by atomic mass is 10.1. The maximum atomic E-state index is 5.90. The first-order chi connectivity index (χ1) is 9.60. The largest absolute Gasteiger partial charge is 0.355 e. The minimum absolute atomic E-state index is 0.320. The van der Waals surface area contributed by atoms with Crippen molar-refractivity contribution in [1.29, 1.82) is 0 Å². The number of rotatable bonds is 5. The molecule has 0 radical (unpaired) electrons. The standard InChI is InChI=1S/C16H20ClN3/c1-12(18-2)14-8-9-19-16(10-14)20(3)11-13-4-6-15(17)7-5-13/h4-10,12,18H,11H2,1-3H3. The molecule has 4 heteroatoms. The van der Waals surface area contributed by atoms with Crippen LogP contribution in [0.25, 0.3) is 0 Å². The Hall–Kier alpha value is -1.58. The van der Waals surface area contributed by atoms with Crippen LogP contribution < -0.4 is 10.2 Å². The van der Waals surface area contributed by atoms with E-state index in [2.05, 4.69) is 28.2 Å². The van der Waals surface area contributed by atoms with Crippen molar-refractivity contribution in [2.45, 2.75) is 19.5 Å². The fourth-order valence-electron chi connectivity index (χ4n) is 2.02. The second-order valence-corrected chi connectivity index (χ2v) is 5.38. The highest BCUT2D eigenvalue weighted by Gasteiger charge is 2.07. The predicted molar refractivity (Wildman–Crippen MR) is 85.3 cm³/mol. The quantitative estimate of drug-likeness (QED) is 0.911. The molecule has 0 aliphatic heterocycles. The van der Waals surface area contributed by atoms with Crippen molar-refractivity contribution in [2.75, 3.05) is 19.0 Å². The van der Waals surface area contributed by atoms with E-state index in [4.69, 9.17) is 11.6 Å². The summed E-state index contributed by atoms with van der Waals surface area (Å²) in [6.07, 6.45) is 1.86. The number of nitrogens with zero attached hydrogens (tertiary/aromatic N) is 2. The Morgan fingerprint density at radius 1 is 1.25 bits per heavy atom. The second-order valence-electron chi connectivity index (χ2n) is 4.94. The summed E-state index contributed by atoms with van der Waals surface area (Å²) in [6, 6.07) is 12.4. The molecule has 1 unspecified atom stereocenters. The third-order valence-electron chi connectivity index (χ3n) is 3.43. The Morgan fingerprint density at radius 3 is 2.60 bits per heavy atom. The van der Waals surface area contributed by atoms with Crippen molar-refractivity contribution in [1.82, 2.24) is 10.3 Å². The van der Waals surface area contributed by atoms with E-state index in [0.717, 1.165) is 17.4 Å². The van der Waals surface area contributed by atoms with Gasteiger partial charge in [0.05, 0.1) is 0 Å². The van der Waals surface area contributed by atoms with Crippen LogP contribution in [0.2, 0.25) is 5.02 Å². The van der Waals surface area contributed by atoms with Crippen LogP contribution >= 0.6 is 11.6 Å². The number of benzene rings is 1. The van der Waals surface area contributed by atoms with E-state index < -0.39 is 0 Å². The highest BCUT2D eigenvalue weighted by atomic mass is 35.5. The van der Waals surface area contributed by atoms with Gasteiger partial charge in [0, 0.05) is 30.9 Å². The van der Waals surface area contributed by atoms with Crippen molar-refractivity contribution in [3.8, 4) is 0 Å². The van der Waals surface area contributed by atoms with Crippen LogP contribution in [0, 0.1) is 0 Å². The van der Waals surface area contributed by atoms with Gasteiger partial charge >= 0.3 is 0 Å². The lowest BCUT2D eigenvalue weighted by Crippen LogP contribution is -2.19. The summed E-state index contributed by atoms with van der Waals surface area (Å²) >= 11 is 5.90. The zero-order valence-electron chi connectivity index (χ0n) is 12.1. The molecule has 0 fully saturated rings. The monoisotopic (exact) mass is 289 g/mol. The third kappa shape index (κ3) is 3.71. The molecular formula is C16H20ClN3. The minimum atomic E-state index is 0.320. The van der Waals surface area contributed by atoms with E-state index in [-0.39, 0.29) is 0 Å². The number of hydrogen-bond donors (Lipinski definition) is 1. The highest BCUT2D eigenvalue weighted by molar-refractivity contribution is 6.30. The van der Waals surface area contributed by atoms with E-state index in [0.29, 0.717) is 6.04 Å². The van der Waals surface area contributed by atoms with E-state index >= 15 is 0 Å². The van der Waals surface area contributed by atoms with E-state index in [9.17, 15) is 0 Å². The number of aromatic nitrogens is 1. The van der Waals surface area contributed by atoms with Gasteiger partial charge in [-0.3, -0.25) is 0 Å². The summed E-state index contributed by atoms with van der Waals surface area (Å²) in [5, 5.41) is 4.01. The summed E-state index contributed by atoms with van der Waals surface area (Å²) in [6.45, 7) is 2.94. The van der Waals surface area contributed by atoms with Crippen LogP contribution in [0.3, 0.4) is 0 Å². The summed E-state index contributed by atoms with van der Waals surface area (Å²) in [4.78, 5) is 6.58. The summed E-state index contributed by atoms with van der Waals surface area (Å²) in [5.74, 6) is 0.972. The molecule has 20 heavy (non-hydrogen) atoms. The Morgan fingerprint density at radius 2 is 1.95 bits per heavy atom. The average molecular weight is 290 g/mol. The number of hydrogen-bond acceptors (Lipinski definition) is 3. The molecular weight excluding hydrogens is 270 g/mol. The van der Waals surface area contributed by atoms with Gasteiger partial charge in [-0.2, -0.15) is 0 Å². The molecule has 0 aliphatic rings. The van der Waals surface area contributed by atoms with Gasteiger partial charge in [0.2, 0.25) is 0 Å². The molecule has 0 saturated carbocycles. The molecule has 2 aromatic rings. The van der Waals surface area contributed by atoms with Crippen molar-refractivity contribution >= 4 is 17.4 Å². The predicted octanol–water partition coefficient (Wildman–Crippen LogP) is 3.65. The van der Waals surface area contributed by atoms with Gasteiger partial charge in [0.1, 0.15) is 5.82 Å². The molecule has 3 nitrogen and oxygen atoms in total. The van der Waals surface area contributed by atoms with E-state index in [1.54, 1.807) is 0 Å². The minimum Gasteiger partial charge on any atom is -0.355 e. The first-order valence-electron chi connectivity index (χ1n) is 6.69. The van der Waals surface area contributed by atoms with Crippen molar-refractivity contribution in [2.24, 2.45) is 0 Å². The lowest BCUT2D eigenvalue weighted by Gasteiger charge is -2.20. The van der Waals surface area contributed by atoms with Crippen molar-refractivity contribution in [3.05, 3.63) is 58.7 Å². The highest BCUT2D eigenvalue weighted by Crippen LogP contribution is 2.19. The van der Waals surface area contributed by atoms with E-state index in [1.807, 2.05) is 50.6 Å².